The molecule has 2 atom stereocenters. The van der Waals surface area contributed by atoms with Gasteiger partial charge in [-0.15, -0.1) is 0 Å². The molecule has 1 rings (SSSR count). The zero-order valence-electron chi connectivity index (χ0n) is 15.2. The smallest absolute Gasteiger partial charge is 0.444 e. The van der Waals surface area contributed by atoms with Gasteiger partial charge in [-0.25, -0.2) is 9.59 Å². The van der Waals surface area contributed by atoms with Crippen molar-refractivity contribution in [2.45, 2.75) is 58.5 Å². The highest BCUT2D eigenvalue weighted by molar-refractivity contribution is 5.68. The maximum Gasteiger partial charge on any atom is 0.508 e. The normalized spacial score (nSPS) is 13.5. The van der Waals surface area contributed by atoms with Crippen LogP contribution >= 0.6 is 0 Å². The molecule has 2 N–H and O–H groups in total. The summed E-state index contributed by atoms with van der Waals surface area (Å²) >= 11 is 0. The molecular weight excluding hydrogens is 326 g/mol. The first kappa shape index (κ1) is 20.8. The lowest BCUT2D eigenvalue weighted by Crippen LogP contribution is -2.44. The van der Waals surface area contributed by atoms with Crippen molar-refractivity contribution >= 4 is 12.2 Å². The maximum atomic E-state index is 11.6. The zero-order valence-corrected chi connectivity index (χ0v) is 15.2. The summed E-state index contributed by atoms with van der Waals surface area (Å²) in [6.07, 6.45) is -2.13. The van der Waals surface area contributed by atoms with Crippen LogP contribution in [0, 0.1) is 0 Å². The first-order valence-electron chi connectivity index (χ1n) is 8.18. The van der Waals surface area contributed by atoms with Gasteiger partial charge in [-0.2, -0.15) is 0 Å². The SMILES string of the molecule is CC(NC(=O)OC(C)(C)C)C(O)CCOC(=O)OCc1ccccc1. The number of ether oxygens (including phenoxy) is 3. The van der Waals surface area contributed by atoms with Crippen LogP contribution in [0.25, 0.3) is 0 Å². The summed E-state index contributed by atoms with van der Waals surface area (Å²) in [5, 5.41) is 12.5. The minimum atomic E-state index is -0.880. The van der Waals surface area contributed by atoms with Crippen molar-refractivity contribution < 1.29 is 28.9 Å². The Bertz CT molecular complexity index is 540. The Morgan fingerprint density at radius 1 is 1.16 bits per heavy atom. The number of carbonyl (C=O) groups is 2. The highest BCUT2D eigenvalue weighted by atomic mass is 16.7. The van der Waals surface area contributed by atoms with Gasteiger partial charge in [0.15, 0.2) is 0 Å². The molecule has 0 radical (unpaired) electrons. The van der Waals surface area contributed by atoms with E-state index in [1.165, 1.54) is 0 Å². The lowest BCUT2D eigenvalue weighted by atomic mass is 10.1. The van der Waals surface area contributed by atoms with E-state index in [1.807, 2.05) is 30.3 Å². The van der Waals surface area contributed by atoms with E-state index < -0.39 is 30.0 Å². The quantitative estimate of drug-likeness (QED) is 0.732. The average molecular weight is 353 g/mol. The third kappa shape index (κ3) is 9.56. The van der Waals surface area contributed by atoms with Gasteiger partial charge in [0.2, 0.25) is 0 Å². The van der Waals surface area contributed by atoms with E-state index in [0.717, 1.165) is 5.56 Å². The Labute approximate surface area is 148 Å². The van der Waals surface area contributed by atoms with Crippen molar-refractivity contribution in [1.29, 1.82) is 0 Å². The fraction of sp³-hybridized carbons (Fsp3) is 0.556. The molecule has 0 aliphatic rings. The second-order valence-corrected chi connectivity index (χ2v) is 6.66. The molecule has 7 nitrogen and oxygen atoms in total. The molecule has 0 aromatic heterocycles. The van der Waals surface area contributed by atoms with E-state index in [2.05, 4.69) is 5.32 Å². The summed E-state index contributed by atoms with van der Waals surface area (Å²) in [6, 6.07) is 8.69. The summed E-state index contributed by atoms with van der Waals surface area (Å²) in [5.41, 5.74) is 0.245. The lowest BCUT2D eigenvalue weighted by Gasteiger charge is -2.24. The van der Waals surface area contributed by atoms with Crippen molar-refractivity contribution in [2.75, 3.05) is 6.61 Å². The predicted octanol–water partition coefficient (Wildman–Crippen LogP) is 3.00. The van der Waals surface area contributed by atoms with E-state index in [0.29, 0.717) is 0 Å². The van der Waals surface area contributed by atoms with E-state index in [9.17, 15) is 14.7 Å². The van der Waals surface area contributed by atoms with Crippen LogP contribution in [0.15, 0.2) is 30.3 Å². The van der Waals surface area contributed by atoms with Gasteiger partial charge in [0.25, 0.3) is 0 Å². The molecule has 0 bridgehead atoms. The van der Waals surface area contributed by atoms with Crippen molar-refractivity contribution in [3.05, 3.63) is 35.9 Å². The first-order valence-corrected chi connectivity index (χ1v) is 8.18. The number of rotatable bonds is 7. The maximum absolute atomic E-state index is 11.6. The highest BCUT2D eigenvalue weighted by Gasteiger charge is 2.21. The van der Waals surface area contributed by atoms with Crippen LogP contribution < -0.4 is 5.32 Å². The van der Waals surface area contributed by atoms with Crippen LogP contribution in [0.1, 0.15) is 39.7 Å². The average Bonchev–Trinajstić information content (AvgIpc) is 2.51. The Hall–Kier alpha value is -2.28. The van der Waals surface area contributed by atoms with Crippen molar-refractivity contribution in [2.24, 2.45) is 0 Å². The third-order valence-corrected chi connectivity index (χ3v) is 3.15. The molecule has 0 spiro atoms. The molecule has 0 aliphatic heterocycles. The molecule has 1 aromatic rings. The number of aliphatic hydroxyl groups is 1. The number of hydrogen-bond acceptors (Lipinski definition) is 6. The number of hydrogen-bond donors (Lipinski definition) is 2. The standard InChI is InChI=1S/C18H27NO6/c1-13(19-16(21)25-18(2,3)4)15(20)10-11-23-17(22)24-12-14-8-6-5-7-9-14/h5-9,13,15,20H,10-12H2,1-4H3,(H,19,21). The minimum absolute atomic E-state index is 0.0187. The van der Waals surface area contributed by atoms with Crippen molar-refractivity contribution in [3.8, 4) is 0 Å². The monoisotopic (exact) mass is 353 g/mol. The van der Waals surface area contributed by atoms with Crippen LogP contribution in [0.3, 0.4) is 0 Å². The highest BCUT2D eigenvalue weighted by Crippen LogP contribution is 2.08. The summed E-state index contributed by atoms with van der Waals surface area (Å²) in [7, 11) is 0. The zero-order chi connectivity index (χ0) is 18.9. The van der Waals surface area contributed by atoms with Crippen LogP contribution in [0.2, 0.25) is 0 Å². The van der Waals surface area contributed by atoms with Gasteiger partial charge in [-0.05, 0) is 33.3 Å². The Kier molecular flexibility index (Phi) is 8.21. The molecule has 0 fully saturated rings. The van der Waals surface area contributed by atoms with Crippen LogP contribution in [-0.2, 0) is 20.8 Å². The first-order chi connectivity index (χ1) is 11.7. The minimum Gasteiger partial charge on any atom is -0.444 e. The topological polar surface area (TPSA) is 94.1 Å². The van der Waals surface area contributed by atoms with Gasteiger partial charge in [0.1, 0.15) is 12.2 Å². The van der Waals surface area contributed by atoms with Gasteiger partial charge < -0.3 is 24.6 Å². The lowest BCUT2D eigenvalue weighted by molar-refractivity contribution is 0.0268. The Morgan fingerprint density at radius 2 is 1.80 bits per heavy atom. The summed E-state index contributed by atoms with van der Waals surface area (Å²) in [5.74, 6) is 0. The molecule has 7 heteroatoms. The molecule has 25 heavy (non-hydrogen) atoms. The molecule has 0 heterocycles. The second kappa shape index (κ2) is 9.88. The third-order valence-electron chi connectivity index (χ3n) is 3.15. The van der Waals surface area contributed by atoms with Crippen LogP contribution in [0.4, 0.5) is 9.59 Å². The summed E-state index contributed by atoms with van der Waals surface area (Å²) in [4.78, 5) is 23.1. The summed E-state index contributed by atoms with van der Waals surface area (Å²) in [6.45, 7) is 7.00. The number of carbonyl (C=O) groups excluding carboxylic acids is 2. The Balaban J connectivity index is 2.21. The fourth-order valence-corrected chi connectivity index (χ4v) is 1.86. The van der Waals surface area contributed by atoms with Gasteiger partial charge in [0.05, 0.1) is 18.8 Å². The van der Waals surface area contributed by atoms with Gasteiger partial charge in [-0.1, -0.05) is 30.3 Å². The van der Waals surface area contributed by atoms with E-state index in [1.54, 1.807) is 27.7 Å². The molecular formula is C18H27NO6. The fourth-order valence-electron chi connectivity index (χ4n) is 1.86. The molecule has 2 unspecified atom stereocenters. The molecule has 0 aliphatic carbocycles. The molecule has 1 aromatic carbocycles. The number of aliphatic hydroxyl groups excluding tert-OH is 1. The largest absolute Gasteiger partial charge is 0.508 e. The van der Waals surface area contributed by atoms with Gasteiger partial charge in [-0.3, -0.25) is 0 Å². The van der Waals surface area contributed by atoms with E-state index >= 15 is 0 Å². The predicted molar refractivity (Wildman–Crippen MR) is 92.0 cm³/mol. The van der Waals surface area contributed by atoms with Gasteiger partial charge >= 0.3 is 12.2 Å². The van der Waals surface area contributed by atoms with Crippen molar-refractivity contribution in [1.82, 2.24) is 5.32 Å². The number of amides is 1. The van der Waals surface area contributed by atoms with Crippen LogP contribution in [0.5, 0.6) is 0 Å². The molecule has 0 saturated carbocycles. The van der Waals surface area contributed by atoms with E-state index in [-0.39, 0.29) is 19.6 Å². The number of alkyl carbamates (subject to hydrolysis) is 1. The second-order valence-electron chi connectivity index (χ2n) is 6.66. The van der Waals surface area contributed by atoms with E-state index in [4.69, 9.17) is 14.2 Å². The molecule has 1 amide bonds. The number of benzene rings is 1. The molecule has 140 valence electrons. The number of nitrogens with one attached hydrogen (secondary N) is 1. The molecule has 0 saturated heterocycles. The Morgan fingerprint density at radius 3 is 2.40 bits per heavy atom. The van der Waals surface area contributed by atoms with Gasteiger partial charge in [0, 0.05) is 6.42 Å². The van der Waals surface area contributed by atoms with Crippen molar-refractivity contribution in [3.63, 3.8) is 0 Å². The van der Waals surface area contributed by atoms with Crippen LogP contribution in [-0.4, -0.2) is 41.7 Å². The summed E-state index contributed by atoms with van der Waals surface area (Å²) < 4.78 is 15.0.